The lowest BCUT2D eigenvalue weighted by Crippen LogP contribution is -2.36. The van der Waals surface area contributed by atoms with Crippen LogP contribution in [0.2, 0.25) is 5.02 Å². The summed E-state index contributed by atoms with van der Waals surface area (Å²) in [5.74, 6) is -1.18. The number of methoxy groups -OCH3 is 1. The number of carboxylic acids is 1. The standard InChI is InChI=1S/C19H16BrClN2O4/c1-23(17(19(25)26)10-4-3-5-12(8-10)27-2)18(24)16-15(21)13-9-11(20)6-7-14(13)22-16/h3-9,17,22H,1-2H3,(H,25,26). The minimum atomic E-state index is -1.19. The largest absolute Gasteiger partial charge is 0.497 e. The SMILES string of the molecule is COc1cccc(C(C(=O)O)N(C)C(=O)c2[nH]c3ccc(Br)cc3c2Cl)c1. The van der Waals surface area contributed by atoms with Crippen LogP contribution >= 0.6 is 27.5 Å². The maximum Gasteiger partial charge on any atom is 0.331 e. The summed E-state index contributed by atoms with van der Waals surface area (Å²) in [5.41, 5.74) is 1.25. The van der Waals surface area contributed by atoms with Crippen molar-refractivity contribution in [3.63, 3.8) is 0 Å². The topological polar surface area (TPSA) is 82.6 Å². The van der Waals surface area contributed by atoms with E-state index in [-0.39, 0.29) is 10.7 Å². The number of carbonyl (C=O) groups excluding carboxylic acids is 1. The Hall–Kier alpha value is -2.51. The maximum absolute atomic E-state index is 13.0. The van der Waals surface area contributed by atoms with E-state index in [0.29, 0.717) is 22.2 Å². The quantitative estimate of drug-likeness (QED) is 0.599. The molecule has 0 saturated heterocycles. The second kappa shape index (κ2) is 7.62. The minimum absolute atomic E-state index is 0.140. The number of hydrogen-bond donors (Lipinski definition) is 2. The van der Waals surface area contributed by atoms with Crippen LogP contribution < -0.4 is 4.74 Å². The summed E-state index contributed by atoms with van der Waals surface area (Å²) in [4.78, 5) is 29.0. The number of carboxylic acid groups (broad SMARTS) is 1. The van der Waals surface area contributed by atoms with Crippen LogP contribution in [0.15, 0.2) is 46.9 Å². The number of fused-ring (bicyclic) bond motifs is 1. The van der Waals surface area contributed by atoms with Crippen molar-refractivity contribution in [2.45, 2.75) is 6.04 Å². The molecule has 1 aromatic heterocycles. The van der Waals surface area contributed by atoms with Crippen LogP contribution in [0, 0.1) is 0 Å². The van der Waals surface area contributed by atoms with Gasteiger partial charge in [-0.25, -0.2) is 4.79 Å². The van der Waals surface area contributed by atoms with Gasteiger partial charge in [-0.15, -0.1) is 0 Å². The summed E-state index contributed by atoms with van der Waals surface area (Å²) in [6.07, 6.45) is 0. The third-order valence-corrected chi connectivity index (χ3v) is 5.15. The number of aromatic nitrogens is 1. The molecule has 1 heterocycles. The molecule has 2 aromatic carbocycles. The predicted octanol–water partition coefficient (Wildman–Crippen LogP) is 4.49. The highest BCUT2D eigenvalue weighted by atomic mass is 79.9. The van der Waals surface area contributed by atoms with Gasteiger partial charge in [0.1, 0.15) is 11.4 Å². The number of aliphatic carboxylic acids is 1. The van der Waals surface area contributed by atoms with E-state index in [0.717, 1.165) is 9.37 Å². The van der Waals surface area contributed by atoms with Gasteiger partial charge in [0.25, 0.3) is 5.91 Å². The van der Waals surface area contributed by atoms with Gasteiger partial charge in [-0.2, -0.15) is 0 Å². The van der Waals surface area contributed by atoms with Crippen molar-refractivity contribution >= 4 is 50.3 Å². The van der Waals surface area contributed by atoms with Crippen LogP contribution in [0.1, 0.15) is 22.1 Å². The van der Waals surface area contributed by atoms with Crippen molar-refractivity contribution < 1.29 is 19.4 Å². The van der Waals surface area contributed by atoms with E-state index in [1.165, 1.54) is 14.2 Å². The van der Waals surface area contributed by atoms with Crippen LogP contribution in [0.25, 0.3) is 10.9 Å². The molecule has 140 valence electrons. The van der Waals surface area contributed by atoms with E-state index < -0.39 is 17.9 Å². The zero-order valence-electron chi connectivity index (χ0n) is 14.5. The number of aromatic amines is 1. The zero-order valence-corrected chi connectivity index (χ0v) is 16.8. The van der Waals surface area contributed by atoms with Crippen molar-refractivity contribution in [3.05, 3.63) is 63.2 Å². The molecule has 0 aliphatic carbocycles. The fourth-order valence-electron chi connectivity index (χ4n) is 2.92. The van der Waals surface area contributed by atoms with Crippen molar-refractivity contribution in [1.82, 2.24) is 9.88 Å². The average molecular weight is 452 g/mol. The van der Waals surface area contributed by atoms with Gasteiger partial charge in [-0.3, -0.25) is 4.79 Å². The molecular formula is C19H16BrClN2O4. The van der Waals surface area contributed by atoms with Crippen LogP contribution in [-0.4, -0.2) is 41.0 Å². The molecule has 6 nitrogen and oxygen atoms in total. The maximum atomic E-state index is 13.0. The number of nitrogens with one attached hydrogen (secondary N) is 1. The number of benzene rings is 2. The molecule has 27 heavy (non-hydrogen) atoms. The fourth-order valence-corrected chi connectivity index (χ4v) is 3.56. The summed E-state index contributed by atoms with van der Waals surface area (Å²) in [5, 5.41) is 10.6. The Labute approximate surface area is 168 Å². The molecule has 0 radical (unpaired) electrons. The van der Waals surface area contributed by atoms with Crippen LogP contribution in [-0.2, 0) is 4.79 Å². The first-order valence-corrected chi connectivity index (χ1v) is 9.11. The molecule has 0 spiro atoms. The van der Waals surface area contributed by atoms with Gasteiger partial charge in [0.2, 0.25) is 0 Å². The monoisotopic (exact) mass is 450 g/mol. The Bertz CT molecular complexity index is 1030. The van der Waals surface area contributed by atoms with Crippen LogP contribution in [0.3, 0.4) is 0 Å². The minimum Gasteiger partial charge on any atom is -0.497 e. The Balaban J connectivity index is 2.01. The highest BCUT2D eigenvalue weighted by Crippen LogP contribution is 2.32. The number of halogens is 2. The van der Waals surface area contributed by atoms with E-state index in [1.54, 1.807) is 36.4 Å². The molecule has 2 N–H and O–H groups in total. The first-order valence-electron chi connectivity index (χ1n) is 7.94. The highest BCUT2D eigenvalue weighted by molar-refractivity contribution is 9.10. The van der Waals surface area contributed by atoms with Gasteiger partial charge in [-0.05, 0) is 35.9 Å². The highest BCUT2D eigenvalue weighted by Gasteiger charge is 2.31. The molecule has 3 aromatic rings. The molecule has 1 atom stereocenters. The van der Waals surface area contributed by atoms with Crippen LogP contribution in [0.4, 0.5) is 0 Å². The Kier molecular flexibility index (Phi) is 5.43. The summed E-state index contributed by atoms with van der Waals surface area (Å²) < 4.78 is 5.97. The molecule has 1 amide bonds. The van der Waals surface area contributed by atoms with Crippen molar-refractivity contribution in [2.24, 2.45) is 0 Å². The number of amides is 1. The van der Waals surface area contributed by atoms with Gasteiger partial charge in [0.05, 0.1) is 12.1 Å². The number of rotatable bonds is 5. The van der Waals surface area contributed by atoms with E-state index in [4.69, 9.17) is 16.3 Å². The number of carbonyl (C=O) groups is 2. The van der Waals surface area contributed by atoms with Gasteiger partial charge < -0.3 is 19.7 Å². The van der Waals surface area contributed by atoms with E-state index in [2.05, 4.69) is 20.9 Å². The van der Waals surface area contributed by atoms with Gasteiger partial charge in [0.15, 0.2) is 6.04 Å². The first-order chi connectivity index (χ1) is 12.8. The van der Waals surface area contributed by atoms with Gasteiger partial charge in [-0.1, -0.05) is 39.7 Å². The Morgan fingerprint density at radius 1 is 1.26 bits per heavy atom. The normalized spacial score (nSPS) is 12.0. The number of H-pyrrole nitrogens is 1. The number of ether oxygens (including phenoxy) is 1. The summed E-state index contributed by atoms with van der Waals surface area (Å²) in [6.45, 7) is 0. The van der Waals surface area contributed by atoms with Crippen molar-refractivity contribution in [2.75, 3.05) is 14.2 Å². The van der Waals surface area contributed by atoms with Gasteiger partial charge >= 0.3 is 5.97 Å². The third-order valence-electron chi connectivity index (χ3n) is 4.26. The summed E-state index contributed by atoms with van der Waals surface area (Å²) >= 11 is 9.75. The molecular weight excluding hydrogens is 436 g/mol. The summed E-state index contributed by atoms with van der Waals surface area (Å²) in [7, 11) is 2.92. The lowest BCUT2D eigenvalue weighted by molar-refractivity contribution is -0.142. The first kappa shape index (κ1) is 19.3. The number of nitrogens with zero attached hydrogens (tertiary/aromatic N) is 1. The molecule has 0 bridgehead atoms. The second-order valence-electron chi connectivity index (χ2n) is 5.94. The fraction of sp³-hybridized carbons (Fsp3) is 0.158. The Morgan fingerprint density at radius 3 is 2.67 bits per heavy atom. The molecule has 0 fully saturated rings. The molecule has 3 rings (SSSR count). The summed E-state index contributed by atoms with van der Waals surface area (Å²) in [6, 6.07) is 10.8. The lowest BCUT2D eigenvalue weighted by Gasteiger charge is -2.25. The molecule has 8 heteroatoms. The lowest BCUT2D eigenvalue weighted by atomic mass is 10.0. The molecule has 1 unspecified atom stereocenters. The predicted molar refractivity (Wildman–Crippen MR) is 106 cm³/mol. The van der Waals surface area contributed by atoms with Crippen LogP contribution in [0.5, 0.6) is 5.75 Å². The molecule has 0 saturated carbocycles. The Morgan fingerprint density at radius 2 is 2.00 bits per heavy atom. The second-order valence-corrected chi connectivity index (χ2v) is 7.23. The number of hydrogen-bond acceptors (Lipinski definition) is 3. The van der Waals surface area contributed by atoms with E-state index in [9.17, 15) is 14.7 Å². The molecule has 0 aliphatic heterocycles. The smallest absolute Gasteiger partial charge is 0.331 e. The average Bonchev–Trinajstić information content (AvgIpc) is 2.97. The number of likely N-dealkylation sites (N-methyl/N-ethyl adjacent to an activating group) is 1. The molecule has 0 aliphatic rings. The van der Waals surface area contributed by atoms with Crippen molar-refractivity contribution in [1.29, 1.82) is 0 Å². The zero-order chi connectivity index (χ0) is 19.7. The van der Waals surface area contributed by atoms with Gasteiger partial charge in [0, 0.05) is 22.4 Å². The van der Waals surface area contributed by atoms with E-state index in [1.807, 2.05) is 6.07 Å². The third kappa shape index (κ3) is 3.65. The van der Waals surface area contributed by atoms with E-state index >= 15 is 0 Å². The van der Waals surface area contributed by atoms with Crippen molar-refractivity contribution in [3.8, 4) is 5.75 Å².